The molecule has 0 aromatic carbocycles. The number of nitrogens with two attached hydrogens (primary N) is 2. The van der Waals surface area contributed by atoms with Crippen LogP contribution in [0, 0.1) is 5.92 Å². The van der Waals surface area contributed by atoms with Crippen molar-refractivity contribution in [1.29, 1.82) is 0 Å². The summed E-state index contributed by atoms with van der Waals surface area (Å²) >= 11 is 5.39. The van der Waals surface area contributed by atoms with Crippen LogP contribution in [0.15, 0.2) is 0 Å². The number of primary amides is 1. The predicted molar refractivity (Wildman–Crippen MR) is 126 cm³/mol. The van der Waals surface area contributed by atoms with Crippen LogP contribution in [0.4, 0.5) is 0 Å². The van der Waals surface area contributed by atoms with E-state index in [0.29, 0.717) is 12.2 Å². The molecule has 0 spiro atoms. The van der Waals surface area contributed by atoms with Gasteiger partial charge in [-0.1, -0.05) is 20.3 Å². The molecular formula is C19H35N5O6S2. The number of aliphatic carboxylic acids is 1. The number of rotatable bonds is 16. The largest absolute Gasteiger partial charge is 0.480 e. The predicted octanol–water partition coefficient (Wildman–Crippen LogP) is -1.15. The van der Waals surface area contributed by atoms with Gasteiger partial charge in [0.2, 0.25) is 23.6 Å². The summed E-state index contributed by atoms with van der Waals surface area (Å²) < 4.78 is 0. The van der Waals surface area contributed by atoms with E-state index < -0.39 is 53.8 Å². The smallest absolute Gasteiger partial charge is 0.326 e. The van der Waals surface area contributed by atoms with E-state index in [4.69, 9.17) is 11.5 Å². The Balaban J connectivity index is 5.51. The van der Waals surface area contributed by atoms with Gasteiger partial charge < -0.3 is 32.5 Å². The summed E-state index contributed by atoms with van der Waals surface area (Å²) in [6, 6.07) is -4.27. The summed E-state index contributed by atoms with van der Waals surface area (Å²) in [6.07, 6.45) is 2.33. The molecule has 0 heterocycles. The van der Waals surface area contributed by atoms with E-state index in [9.17, 15) is 29.1 Å². The van der Waals surface area contributed by atoms with Crippen LogP contribution in [0.1, 0.15) is 39.5 Å². The Kier molecular flexibility index (Phi) is 14.8. The zero-order valence-electron chi connectivity index (χ0n) is 18.6. The number of hydrogen-bond donors (Lipinski definition) is 7. The van der Waals surface area contributed by atoms with Crippen molar-refractivity contribution in [3.63, 3.8) is 0 Å². The first-order valence-electron chi connectivity index (χ1n) is 10.3. The Labute approximate surface area is 198 Å². The van der Waals surface area contributed by atoms with Crippen LogP contribution in [0.25, 0.3) is 0 Å². The van der Waals surface area contributed by atoms with Gasteiger partial charge in [-0.3, -0.25) is 19.2 Å². The Hall–Kier alpha value is -1.99. The van der Waals surface area contributed by atoms with E-state index >= 15 is 0 Å². The Morgan fingerprint density at radius 3 is 2.00 bits per heavy atom. The topological polar surface area (TPSA) is 194 Å². The maximum Gasteiger partial charge on any atom is 0.326 e. The van der Waals surface area contributed by atoms with E-state index in [0.717, 1.165) is 0 Å². The van der Waals surface area contributed by atoms with Gasteiger partial charge >= 0.3 is 5.97 Å². The molecule has 0 aliphatic carbocycles. The van der Waals surface area contributed by atoms with Gasteiger partial charge in [-0.15, -0.1) is 0 Å². The van der Waals surface area contributed by atoms with Gasteiger partial charge in [0.1, 0.15) is 18.1 Å². The van der Waals surface area contributed by atoms with Gasteiger partial charge in [-0.05, 0) is 30.8 Å². The van der Waals surface area contributed by atoms with Gasteiger partial charge in [0.15, 0.2) is 0 Å². The molecule has 0 aliphatic rings. The van der Waals surface area contributed by atoms with E-state index in [2.05, 4.69) is 28.6 Å². The molecular weight excluding hydrogens is 458 g/mol. The Morgan fingerprint density at radius 2 is 1.53 bits per heavy atom. The second-order valence-corrected chi connectivity index (χ2v) is 8.76. The molecule has 0 saturated carbocycles. The summed E-state index contributed by atoms with van der Waals surface area (Å²) in [5, 5.41) is 16.9. The minimum absolute atomic E-state index is 0.0426. The molecule has 0 fully saturated rings. The highest BCUT2D eigenvalue weighted by molar-refractivity contribution is 7.98. The molecule has 0 radical (unpaired) electrons. The quantitative estimate of drug-likeness (QED) is 0.131. The van der Waals surface area contributed by atoms with Crippen LogP contribution in [0.3, 0.4) is 0 Å². The standard InChI is InChI=1S/C19H35N5O6S2/c1-4-10(2)15(19(29)30)24-18(28)13(7-8-32-3)23-17(27)12(5-6-14(21)25)22-16(26)11(20)9-31/h10-13,15,31H,4-9,20H2,1-3H3,(H2,21,25)(H,22,26)(H,23,27)(H,24,28)(H,29,30). The molecule has 184 valence electrons. The number of carboxylic acids is 1. The van der Waals surface area contributed by atoms with Crippen molar-refractivity contribution in [2.75, 3.05) is 17.8 Å². The summed E-state index contributed by atoms with van der Waals surface area (Å²) in [6.45, 7) is 3.51. The van der Waals surface area contributed by atoms with Crippen molar-refractivity contribution in [3.8, 4) is 0 Å². The van der Waals surface area contributed by atoms with Crippen molar-refractivity contribution >= 4 is 54.0 Å². The second-order valence-electron chi connectivity index (χ2n) is 7.41. The highest BCUT2D eigenvalue weighted by atomic mass is 32.2. The van der Waals surface area contributed by atoms with Crippen LogP contribution in [-0.4, -0.2) is 76.6 Å². The summed E-state index contributed by atoms with van der Waals surface area (Å²) in [4.78, 5) is 60.5. The van der Waals surface area contributed by atoms with Crippen molar-refractivity contribution in [2.45, 2.75) is 63.7 Å². The molecule has 0 aromatic rings. The Bertz CT molecular complexity index is 666. The van der Waals surface area contributed by atoms with Crippen LogP contribution >= 0.6 is 24.4 Å². The molecule has 32 heavy (non-hydrogen) atoms. The molecule has 0 saturated heterocycles. The van der Waals surface area contributed by atoms with Gasteiger partial charge in [0.05, 0.1) is 6.04 Å². The molecule has 0 aromatic heterocycles. The lowest BCUT2D eigenvalue weighted by molar-refractivity contribution is -0.143. The molecule has 8 N–H and O–H groups in total. The SMILES string of the molecule is CCC(C)C(NC(=O)C(CCSC)NC(=O)C(CCC(N)=O)NC(=O)C(N)CS)C(=O)O. The molecule has 5 unspecified atom stereocenters. The Morgan fingerprint density at radius 1 is 1.00 bits per heavy atom. The first-order chi connectivity index (χ1) is 15.0. The first kappa shape index (κ1) is 30.0. The fourth-order valence-corrected chi connectivity index (χ4v) is 3.27. The highest BCUT2D eigenvalue weighted by Gasteiger charge is 2.31. The number of nitrogens with one attached hydrogen (secondary N) is 3. The minimum Gasteiger partial charge on any atom is -0.480 e. The van der Waals surface area contributed by atoms with Gasteiger partial charge in [0.25, 0.3) is 0 Å². The molecule has 13 heteroatoms. The lowest BCUT2D eigenvalue weighted by Crippen LogP contribution is -2.58. The molecule has 11 nitrogen and oxygen atoms in total. The van der Waals surface area contributed by atoms with Crippen LogP contribution in [-0.2, 0) is 24.0 Å². The second kappa shape index (κ2) is 15.8. The van der Waals surface area contributed by atoms with E-state index in [1.165, 1.54) is 11.8 Å². The summed E-state index contributed by atoms with van der Waals surface area (Å²) in [5.41, 5.74) is 10.8. The maximum absolute atomic E-state index is 12.8. The third kappa shape index (κ3) is 11.0. The third-order valence-corrected chi connectivity index (χ3v) is 5.90. The maximum atomic E-state index is 12.8. The van der Waals surface area contributed by atoms with Crippen LogP contribution < -0.4 is 27.4 Å². The summed E-state index contributed by atoms with van der Waals surface area (Å²) in [5.74, 6) is -3.59. The fraction of sp³-hybridized carbons (Fsp3) is 0.737. The lowest BCUT2D eigenvalue weighted by atomic mass is 9.98. The monoisotopic (exact) mass is 493 g/mol. The lowest BCUT2D eigenvalue weighted by Gasteiger charge is -2.26. The summed E-state index contributed by atoms with van der Waals surface area (Å²) in [7, 11) is 0. The van der Waals surface area contributed by atoms with Crippen molar-refractivity contribution in [2.24, 2.45) is 17.4 Å². The van der Waals surface area contributed by atoms with Crippen molar-refractivity contribution in [1.82, 2.24) is 16.0 Å². The number of carbonyl (C=O) groups excluding carboxylic acids is 4. The number of thioether (sulfide) groups is 1. The highest BCUT2D eigenvalue weighted by Crippen LogP contribution is 2.10. The number of amides is 4. The number of carboxylic acid groups (broad SMARTS) is 1. The number of hydrogen-bond acceptors (Lipinski definition) is 8. The minimum atomic E-state index is -1.17. The average Bonchev–Trinajstić information content (AvgIpc) is 2.75. The molecule has 5 atom stereocenters. The van der Waals surface area contributed by atoms with E-state index in [1.54, 1.807) is 13.8 Å². The normalized spacial score (nSPS) is 15.5. The van der Waals surface area contributed by atoms with Gasteiger partial charge in [-0.2, -0.15) is 24.4 Å². The van der Waals surface area contributed by atoms with Crippen molar-refractivity contribution < 1.29 is 29.1 Å². The van der Waals surface area contributed by atoms with Crippen LogP contribution in [0.2, 0.25) is 0 Å². The van der Waals surface area contributed by atoms with Gasteiger partial charge in [-0.25, -0.2) is 4.79 Å². The molecule has 0 rings (SSSR count). The zero-order valence-corrected chi connectivity index (χ0v) is 20.3. The third-order valence-electron chi connectivity index (χ3n) is 4.87. The fourth-order valence-electron chi connectivity index (χ4n) is 2.63. The first-order valence-corrected chi connectivity index (χ1v) is 12.3. The average molecular weight is 494 g/mol. The number of carbonyl (C=O) groups is 5. The molecule has 0 aliphatic heterocycles. The van der Waals surface area contributed by atoms with Crippen LogP contribution in [0.5, 0.6) is 0 Å². The van der Waals surface area contributed by atoms with E-state index in [1.807, 2.05) is 6.26 Å². The van der Waals surface area contributed by atoms with Crippen molar-refractivity contribution in [3.05, 3.63) is 0 Å². The number of thiol groups is 1. The zero-order chi connectivity index (χ0) is 24.8. The van der Waals surface area contributed by atoms with E-state index in [-0.39, 0.29) is 30.9 Å². The molecule has 4 amide bonds. The molecule has 0 bridgehead atoms. The van der Waals surface area contributed by atoms with Gasteiger partial charge in [0, 0.05) is 12.2 Å².